The van der Waals surface area contributed by atoms with E-state index in [0.717, 1.165) is 11.0 Å². The molecule has 0 aliphatic rings. The standard InChI is InChI=1S/C8H15N5OS/c1-5(4-7(14)10-9)15-8-12-11-6(2)13(8)3/h5H,4,9H2,1-3H3,(H,10,14). The molecule has 84 valence electrons. The minimum absolute atomic E-state index is 0.121. The maximum atomic E-state index is 11.0. The van der Waals surface area contributed by atoms with Gasteiger partial charge in [0.1, 0.15) is 5.82 Å². The van der Waals surface area contributed by atoms with Crippen LogP contribution < -0.4 is 11.3 Å². The molecule has 0 aliphatic heterocycles. The van der Waals surface area contributed by atoms with Crippen LogP contribution >= 0.6 is 11.8 Å². The van der Waals surface area contributed by atoms with Gasteiger partial charge in [-0.3, -0.25) is 10.2 Å². The van der Waals surface area contributed by atoms with Crippen LogP contribution in [0.3, 0.4) is 0 Å². The molecule has 0 aliphatic carbocycles. The van der Waals surface area contributed by atoms with Crippen molar-refractivity contribution in [2.75, 3.05) is 0 Å². The lowest BCUT2D eigenvalue weighted by atomic mass is 10.3. The molecular weight excluding hydrogens is 214 g/mol. The van der Waals surface area contributed by atoms with Crippen LogP contribution in [0.2, 0.25) is 0 Å². The molecule has 1 aromatic heterocycles. The summed E-state index contributed by atoms with van der Waals surface area (Å²) in [7, 11) is 1.90. The van der Waals surface area contributed by atoms with Gasteiger partial charge in [0.15, 0.2) is 5.16 Å². The van der Waals surface area contributed by atoms with Crippen LogP contribution in [0.5, 0.6) is 0 Å². The summed E-state index contributed by atoms with van der Waals surface area (Å²) in [6.45, 7) is 3.83. The van der Waals surface area contributed by atoms with Gasteiger partial charge in [-0.15, -0.1) is 10.2 Å². The zero-order valence-electron chi connectivity index (χ0n) is 9.02. The van der Waals surface area contributed by atoms with Gasteiger partial charge < -0.3 is 4.57 Å². The quantitative estimate of drug-likeness (QED) is 0.328. The van der Waals surface area contributed by atoms with Gasteiger partial charge in [0.25, 0.3) is 0 Å². The molecule has 0 spiro atoms. The number of hydrogen-bond donors (Lipinski definition) is 2. The number of hydrogen-bond acceptors (Lipinski definition) is 5. The lowest BCUT2D eigenvalue weighted by Gasteiger charge is -2.08. The monoisotopic (exact) mass is 229 g/mol. The fourth-order valence-corrected chi connectivity index (χ4v) is 2.00. The van der Waals surface area contributed by atoms with Crippen molar-refractivity contribution < 1.29 is 4.79 Å². The Kier molecular flexibility index (Phi) is 4.10. The van der Waals surface area contributed by atoms with Crippen molar-refractivity contribution in [3.05, 3.63) is 5.82 Å². The third-order valence-electron chi connectivity index (χ3n) is 1.99. The van der Waals surface area contributed by atoms with E-state index in [9.17, 15) is 4.79 Å². The number of hydrazine groups is 1. The summed E-state index contributed by atoms with van der Waals surface area (Å²) in [5, 5.41) is 8.87. The van der Waals surface area contributed by atoms with Crippen molar-refractivity contribution in [1.82, 2.24) is 20.2 Å². The smallest absolute Gasteiger partial charge is 0.234 e. The Bertz CT molecular complexity index is 351. The van der Waals surface area contributed by atoms with Gasteiger partial charge >= 0.3 is 0 Å². The molecule has 1 aromatic rings. The van der Waals surface area contributed by atoms with E-state index in [1.54, 1.807) is 0 Å². The summed E-state index contributed by atoms with van der Waals surface area (Å²) in [6.07, 6.45) is 0.368. The first-order chi connectivity index (χ1) is 7.04. The molecule has 0 fully saturated rings. The molecule has 15 heavy (non-hydrogen) atoms. The second kappa shape index (κ2) is 5.13. The Morgan fingerprint density at radius 3 is 2.80 bits per heavy atom. The lowest BCUT2D eigenvalue weighted by molar-refractivity contribution is -0.121. The molecule has 0 radical (unpaired) electrons. The minimum atomic E-state index is -0.172. The Morgan fingerprint density at radius 1 is 1.67 bits per heavy atom. The van der Waals surface area contributed by atoms with Gasteiger partial charge in [-0.05, 0) is 6.92 Å². The SMILES string of the molecule is Cc1nnc(SC(C)CC(=O)NN)n1C. The predicted octanol–water partition coefficient (Wildman–Crippen LogP) is -0.0159. The number of thioether (sulfide) groups is 1. The number of nitrogens with one attached hydrogen (secondary N) is 1. The van der Waals surface area contributed by atoms with Crippen LogP contribution in [0.4, 0.5) is 0 Å². The highest BCUT2D eigenvalue weighted by atomic mass is 32.2. The van der Waals surface area contributed by atoms with Gasteiger partial charge in [0.2, 0.25) is 5.91 Å². The Morgan fingerprint density at radius 2 is 2.33 bits per heavy atom. The van der Waals surface area contributed by atoms with Gasteiger partial charge in [0.05, 0.1) is 0 Å². The van der Waals surface area contributed by atoms with Gasteiger partial charge in [-0.1, -0.05) is 18.7 Å². The zero-order valence-corrected chi connectivity index (χ0v) is 9.84. The molecule has 0 aromatic carbocycles. The molecule has 1 rings (SSSR count). The maximum Gasteiger partial charge on any atom is 0.234 e. The molecule has 6 nitrogen and oxygen atoms in total. The van der Waals surface area contributed by atoms with E-state index < -0.39 is 0 Å². The fraction of sp³-hybridized carbons (Fsp3) is 0.625. The van der Waals surface area contributed by atoms with Crippen LogP contribution in [0.25, 0.3) is 0 Å². The number of nitrogens with two attached hydrogens (primary N) is 1. The molecule has 3 N–H and O–H groups in total. The average molecular weight is 229 g/mol. The Labute approximate surface area is 92.6 Å². The van der Waals surface area contributed by atoms with Crippen molar-refractivity contribution in [3.8, 4) is 0 Å². The molecule has 1 amide bonds. The fourth-order valence-electron chi connectivity index (χ4n) is 1.03. The summed E-state index contributed by atoms with van der Waals surface area (Å²) < 4.78 is 1.89. The van der Waals surface area contributed by atoms with Gasteiger partial charge in [-0.2, -0.15) is 0 Å². The summed E-state index contributed by atoms with van der Waals surface area (Å²) in [6, 6.07) is 0. The van der Waals surface area contributed by atoms with E-state index >= 15 is 0 Å². The number of rotatable bonds is 4. The van der Waals surface area contributed by atoms with E-state index in [1.165, 1.54) is 11.8 Å². The first-order valence-electron chi connectivity index (χ1n) is 4.56. The first kappa shape index (κ1) is 12.0. The molecule has 1 heterocycles. The van der Waals surface area contributed by atoms with E-state index in [4.69, 9.17) is 5.84 Å². The summed E-state index contributed by atoms with van der Waals surface area (Å²) in [5.41, 5.74) is 2.11. The molecule has 0 saturated carbocycles. The van der Waals surface area contributed by atoms with Crippen molar-refractivity contribution in [2.45, 2.75) is 30.7 Å². The van der Waals surface area contributed by atoms with Gasteiger partial charge in [0, 0.05) is 18.7 Å². The van der Waals surface area contributed by atoms with E-state index in [0.29, 0.717) is 6.42 Å². The number of carbonyl (C=O) groups is 1. The van der Waals surface area contributed by atoms with Crippen LogP contribution in [-0.2, 0) is 11.8 Å². The van der Waals surface area contributed by atoms with Crippen molar-refractivity contribution in [3.63, 3.8) is 0 Å². The minimum Gasteiger partial charge on any atom is -0.309 e. The molecular formula is C8H15N5OS. The molecule has 1 unspecified atom stereocenters. The number of aryl methyl sites for hydroxylation is 1. The van der Waals surface area contributed by atoms with Crippen LogP contribution in [0.15, 0.2) is 5.16 Å². The van der Waals surface area contributed by atoms with Crippen LogP contribution in [0, 0.1) is 6.92 Å². The predicted molar refractivity (Wildman–Crippen MR) is 58.0 cm³/mol. The lowest BCUT2D eigenvalue weighted by Crippen LogP contribution is -2.31. The van der Waals surface area contributed by atoms with Crippen molar-refractivity contribution >= 4 is 17.7 Å². The maximum absolute atomic E-state index is 11.0. The van der Waals surface area contributed by atoms with Crippen molar-refractivity contribution in [2.24, 2.45) is 12.9 Å². The number of aromatic nitrogens is 3. The number of nitrogens with zero attached hydrogens (tertiary/aromatic N) is 3. The third kappa shape index (κ3) is 3.21. The van der Waals surface area contributed by atoms with Crippen molar-refractivity contribution in [1.29, 1.82) is 0 Å². The molecule has 7 heteroatoms. The molecule has 0 bridgehead atoms. The summed E-state index contributed by atoms with van der Waals surface area (Å²) in [4.78, 5) is 11.0. The van der Waals surface area contributed by atoms with E-state index in [1.807, 2.05) is 25.5 Å². The highest BCUT2D eigenvalue weighted by Gasteiger charge is 2.13. The largest absolute Gasteiger partial charge is 0.309 e. The topological polar surface area (TPSA) is 85.8 Å². The van der Waals surface area contributed by atoms with Crippen LogP contribution in [0.1, 0.15) is 19.2 Å². The third-order valence-corrected chi connectivity index (χ3v) is 3.13. The Hall–Kier alpha value is -1.08. The number of carbonyl (C=O) groups excluding carboxylic acids is 1. The zero-order chi connectivity index (χ0) is 11.4. The molecule has 0 saturated heterocycles. The molecule has 1 atom stereocenters. The van der Waals surface area contributed by atoms with E-state index in [2.05, 4.69) is 15.6 Å². The van der Waals surface area contributed by atoms with Gasteiger partial charge in [-0.25, -0.2) is 5.84 Å². The second-order valence-electron chi connectivity index (χ2n) is 3.29. The highest BCUT2D eigenvalue weighted by Crippen LogP contribution is 2.22. The summed E-state index contributed by atoms with van der Waals surface area (Å²) in [5.74, 6) is 5.69. The average Bonchev–Trinajstić information content (AvgIpc) is 2.49. The first-order valence-corrected chi connectivity index (χ1v) is 5.44. The highest BCUT2D eigenvalue weighted by molar-refractivity contribution is 7.99. The normalized spacial score (nSPS) is 12.5. The van der Waals surface area contributed by atoms with E-state index in [-0.39, 0.29) is 11.2 Å². The summed E-state index contributed by atoms with van der Waals surface area (Å²) >= 11 is 1.51. The number of amides is 1. The Balaban J connectivity index is 2.55. The second-order valence-corrected chi connectivity index (χ2v) is 4.69. The van der Waals surface area contributed by atoms with Crippen LogP contribution in [-0.4, -0.2) is 25.9 Å².